The van der Waals surface area contributed by atoms with Gasteiger partial charge >= 0.3 is 0 Å². The number of likely N-dealkylation sites (tertiary alicyclic amines) is 1. The molecule has 8 heteroatoms. The van der Waals surface area contributed by atoms with Gasteiger partial charge in [-0.25, -0.2) is 8.42 Å². The molecule has 1 N–H and O–H groups in total. The van der Waals surface area contributed by atoms with Gasteiger partial charge in [0.25, 0.3) is 5.91 Å². The van der Waals surface area contributed by atoms with E-state index in [2.05, 4.69) is 5.32 Å². The first-order valence-electron chi connectivity index (χ1n) is 9.53. The molecule has 7 nitrogen and oxygen atoms in total. The summed E-state index contributed by atoms with van der Waals surface area (Å²) in [7, 11) is -3.28. The van der Waals surface area contributed by atoms with Gasteiger partial charge in [-0.15, -0.1) is 0 Å². The van der Waals surface area contributed by atoms with Crippen LogP contribution < -0.4 is 9.62 Å². The third-order valence-electron chi connectivity index (χ3n) is 5.66. The minimum absolute atomic E-state index is 0.0254. The van der Waals surface area contributed by atoms with Gasteiger partial charge in [0.1, 0.15) is 0 Å². The molecular weight excluding hydrogens is 366 g/mol. The van der Waals surface area contributed by atoms with Crippen LogP contribution in [0.4, 0.5) is 5.69 Å². The maximum absolute atomic E-state index is 12.8. The van der Waals surface area contributed by atoms with Crippen molar-refractivity contribution >= 4 is 27.5 Å². The molecule has 1 aromatic carbocycles. The van der Waals surface area contributed by atoms with Crippen molar-refractivity contribution in [2.24, 2.45) is 5.92 Å². The summed E-state index contributed by atoms with van der Waals surface area (Å²) < 4.78 is 25.1. The minimum atomic E-state index is -3.28. The maximum atomic E-state index is 12.8. The zero-order valence-electron chi connectivity index (χ0n) is 15.5. The second-order valence-corrected chi connectivity index (χ2v) is 9.68. The van der Waals surface area contributed by atoms with Crippen LogP contribution in [-0.4, -0.2) is 57.1 Å². The Hall–Kier alpha value is -2.09. The predicted molar refractivity (Wildman–Crippen MR) is 102 cm³/mol. The quantitative estimate of drug-likeness (QED) is 0.834. The van der Waals surface area contributed by atoms with Crippen molar-refractivity contribution in [2.45, 2.75) is 38.1 Å². The fourth-order valence-electron chi connectivity index (χ4n) is 3.92. The van der Waals surface area contributed by atoms with Crippen LogP contribution in [0.5, 0.6) is 0 Å². The third kappa shape index (κ3) is 3.81. The molecule has 0 spiro atoms. The monoisotopic (exact) mass is 391 g/mol. The van der Waals surface area contributed by atoms with Crippen molar-refractivity contribution in [1.82, 2.24) is 10.2 Å². The number of amides is 2. The molecule has 2 heterocycles. The Morgan fingerprint density at radius 2 is 1.78 bits per heavy atom. The molecule has 0 atom stereocenters. The fraction of sp³-hybridized carbons (Fsp3) is 0.579. The Morgan fingerprint density at radius 3 is 2.41 bits per heavy atom. The number of anilines is 1. The Kier molecular flexibility index (Phi) is 4.61. The summed E-state index contributed by atoms with van der Waals surface area (Å²) in [5, 5.41) is 3.09. The number of sulfonamides is 1. The van der Waals surface area contributed by atoms with Crippen molar-refractivity contribution in [3.63, 3.8) is 0 Å². The zero-order chi connectivity index (χ0) is 19.2. The molecule has 27 heavy (non-hydrogen) atoms. The second-order valence-electron chi connectivity index (χ2n) is 7.78. The van der Waals surface area contributed by atoms with Crippen molar-refractivity contribution < 1.29 is 18.0 Å². The summed E-state index contributed by atoms with van der Waals surface area (Å²) in [6.45, 7) is 1.68. The maximum Gasteiger partial charge on any atom is 0.253 e. The molecule has 2 aliphatic heterocycles. The van der Waals surface area contributed by atoms with Gasteiger partial charge in [0.05, 0.1) is 11.9 Å². The van der Waals surface area contributed by atoms with E-state index in [1.54, 1.807) is 12.1 Å². The molecule has 1 saturated carbocycles. The summed E-state index contributed by atoms with van der Waals surface area (Å²) in [6, 6.07) is 5.43. The van der Waals surface area contributed by atoms with Crippen LogP contribution in [0.1, 0.15) is 41.6 Å². The van der Waals surface area contributed by atoms with Crippen LogP contribution in [0.15, 0.2) is 18.2 Å². The molecule has 146 valence electrons. The topological polar surface area (TPSA) is 86.8 Å². The van der Waals surface area contributed by atoms with Crippen LogP contribution in [0.2, 0.25) is 0 Å². The Balaban J connectivity index is 1.38. The van der Waals surface area contributed by atoms with Gasteiger partial charge in [0, 0.05) is 37.2 Å². The second kappa shape index (κ2) is 6.82. The molecule has 0 radical (unpaired) electrons. The number of carbonyl (C=O) groups is 2. The standard InChI is InChI=1S/C19H25N3O4S/c1-27(25,26)22-11-6-14-12-15(4-5-17(14)22)19(24)21-9-7-16(8-10-21)20-18(23)13-2-3-13/h4-5,12-13,16H,2-3,6-11H2,1H3,(H,20,23). The van der Waals surface area contributed by atoms with E-state index in [-0.39, 0.29) is 23.8 Å². The summed E-state index contributed by atoms with van der Waals surface area (Å²) >= 11 is 0. The first-order chi connectivity index (χ1) is 12.8. The predicted octanol–water partition coefficient (Wildman–Crippen LogP) is 1.14. The summed E-state index contributed by atoms with van der Waals surface area (Å²) in [5.74, 6) is 0.346. The highest BCUT2D eigenvalue weighted by molar-refractivity contribution is 7.92. The van der Waals surface area contributed by atoms with E-state index in [4.69, 9.17) is 0 Å². The van der Waals surface area contributed by atoms with Crippen LogP contribution in [0.25, 0.3) is 0 Å². The van der Waals surface area contributed by atoms with Gasteiger partial charge in [0.15, 0.2) is 0 Å². The number of benzene rings is 1. The van der Waals surface area contributed by atoms with Crippen LogP contribution in [0.3, 0.4) is 0 Å². The molecule has 0 bridgehead atoms. The zero-order valence-corrected chi connectivity index (χ0v) is 16.3. The largest absolute Gasteiger partial charge is 0.353 e. The number of rotatable bonds is 4. The van der Waals surface area contributed by atoms with Gasteiger partial charge in [-0.05, 0) is 55.9 Å². The van der Waals surface area contributed by atoms with Crippen molar-refractivity contribution in [2.75, 3.05) is 30.2 Å². The lowest BCUT2D eigenvalue weighted by Gasteiger charge is -2.32. The normalized spacial score (nSPS) is 20.5. The first-order valence-corrected chi connectivity index (χ1v) is 11.4. The average Bonchev–Trinajstić information content (AvgIpc) is 3.39. The Morgan fingerprint density at radius 1 is 1.07 bits per heavy atom. The van der Waals surface area contributed by atoms with Gasteiger partial charge in [-0.2, -0.15) is 0 Å². The molecule has 1 aliphatic carbocycles. The molecule has 3 aliphatic rings. The smallest absolute Gasteiger partial charge is 0.253 e. The molecule has 2 amide bonds. The summed E-state index contributed by atoms with van der Waals surface area (Å²) in [5.41, 5.74) is 2.18. The third-order valence-corrected chi connectivity index (χ3v) is 6.84. The van der Waals surface area contributed by atoms with Crippen LogP contribution >= 0.6 is 0 Å². The van der Waals surface area contributed by atoms with Crippen LogP contribution in [0, 0.1) is 5.92 Å². The van der Waals surface area contributed by atoms with E-state index in [0.717, 1.165) is 31.2 Å². The lowest BCUT2D eigenvalue weighted by Crippen LogP contribution is -2.46. The van der Waals surface area contributed by atoms with Crippen molar-refractivity contribution in [3.05, 3.63) is 29.3 Å². The molecule has 1 aromatic rings. The Bertz CT molecular complexity index is 871. The number of hydrogen-bond donors (Lipinski definition) is 1. The van der Waals surface area contributed by atoms with E-state index < -0.39 is 10.0 Å². The van der Waals surface area contributed by atoms with Gasteiger partial charge in [-0.3, -0.25) is 13.9 Å². The van der Waals surface area contributed by atoms with E-state index in [1.165, 1.54) is 10.6 Å². The van der Waals surface area contributed by atoms with Crippen molar-refractivity contribution in [1.29, 1.82) is 0 Å². The van der Waals surface area contributed by atoms with E-state index in [0.29, 0.717) is 37.3 Å². The number of nitrogens with one attached hydrogen (secondary N) is 1. The number of piperidine rings is 1. The van der Waals surface area contributed by atoms with Gasteiger partial charge < -0.3 is 10.2 Å². The number of nitrogens with zero attached hydrogens (tertiary/aromatic N) is 2. The average molecular weight is 391 g/mol. The Labute approximate surface area is 159 Å². The highest BCUT2D eigenvalue weighted by Crippen LogP contribution is 2.31. The van der Waals surface area contributed by atoms with Crippen molar-refractivity contribution in [3.8, 4) is 0 Å². The first kappa shape index (κ1) is 18.3. The van der Waals surface area contributed by atoms with E-state index in [9.17, 15) is 18.0 Å². The van der Waals surface area contributed by atoms with Gasteiger partial charge in [-0.1, -0.05) is 0 Å². The summed E-state index contributed by atoms with van der Waals surface area (Å²) in [6.07, 6.45) is 5.37. The molecule has 1 saturated heterocycles. The lowest BCUT2D eigenvalue weighted by molar-refractivity contribution is -0.123. The molecule has 4 rings (SSSR count). The summed E-state index contributed by atoms with van der Waals surface area (Å²) in [4.78, 5) is 26.5. The van der Waals surface area contributed by atoms with Gasteiger partial charge in [0.2, 0.25) is 15.9 Å². The highest BCUT2D eigenvalue weighted by Gasteiger charge is 2.33. The number of hydrogen-bond acceptors (Lipinski definition) is 4. The molecule has 0 aromatic heterocycles. The van der Waals surface area contributed by atoms with Crippen LogP contribution in [-0.2, 0) is 21.2 Å². The fourth-order valence-corrected chi connectivity index (χ4v) is 4.88. The highest BCUT2D eigenvalue weighted by atomic mass is 32.2. The van der Waals surface area contributed by atoms with E-state index >= 15 is 0 Å². The molecule has 2 fully saturated rings. The van der Waals surface area contributed by atoms with E-state index in [1.807, 2.05) is 11.0 Å². The molecule has 0 unspecified atom stereocenters. The molecular formula is C19H25N3O4S. The lowest BCUT2D eigenvalue weighted by atomic mass is 10.0. The number of carbonyl (C=O) groups excluding carboxylic acids is 2. The SMILES string of the molecule is CS(=O)(=O)N1CCc2cc(C(=O)N3CCC(NC(=O)C4CC4)CC3)ccc21. The number of fused-ring (bicyclic) bond motifs is 1. The minimum Gasteiger partial charge on any atom is -0.353 e.